The third-order valence-electron chi connectivity index (χ3n) is 5.79. The summed E-state index contributed by atoms with van der Waals surface area (Å²) >= 11 is 12.4. The van der Waals surface area contributed by atoms with Crippen molar-refractivity contribution in [2.75, 3.05) is 20.1 Å². The van der Waals surface area contributed by atoms with Gasteiger partial charge in [-0.1, -0.05) is 59.6 Å². The van der Waals surface area contributed by atoms with E-state index in [0.717, 1.165) is 18.7 Å². The van der Waals surface area contributed by atoms with Crippen molar-refractivity contribution >= 4 is 29.3 Å². The van der Waals surface area contributed by atoms with Crippen molar-refractivity contribution in [1.82, 2.24) is 9.80 Å². The Hall–Kier alpha value is -2.60. The van der Waals surface area contributed by atoms with Gasteiger partial charge in [0.2, 0.25) is 0 Å². The lowest BCUT2D eigenvalue weighted by Gasteiger charge is -2.28. The van der Waals surface area contributed by atoms with Crippen molar-refractivity contribution in [3.05, 3.63) is 99.8 Å². The van der Waals surface area contributed by atoms with Crippen LogP contribution in [0, 0.1) is 5.82 Å². The normalized spacial score (nSPS) is 18.5. The van der Waals surface area contributed by atoms with Crippen molar-refractivity contribution < 1.29 is 13.9 Å². The molecule has 1 fully saturated rings. The molecule has 32 heavy (non-hydrogen) atoms. The van der Waals surface area contributed by atoms with Crippen molar-refractivity contribution in [3.8, 4) is 5.75 Å². The predicted molar refractivity (Wildman–Crippen MR) is 125 cm³/mol. The van der Waals surface area contributed by atoms with Gasteiger partial charge in [-0.05, 0) is 47.5 Å². The molecule has 3 aromatic carbocycles. The molecule has 0 aromatic heterocycles. The van der Waals surface area contributed by atoms with Gasteiger partial charge in [-0.25, -0.2) is 9.18 Å². The Morgan fingerprint density at radius 3 is 2.44 bits per heavy atom. The van der Waals surface area contributed by atoms with E-state index < -0.39 is 6.09 Å². The van der Waals surface area contributed by atoms with Gasteiger partial charge in [0, 0.05) is 32.6 Å². The van der Waals surface area contributed by atoms with Crippen LogP contribution in [0.3, 0.4) is 0 Å². The van der Waals surface area contributed by atoms with E-state index in [1.165, 1.54) is 29.8 Å². The zero-order valence-electron chi connectivity index (χ0n) is 17.5. The number of likely N-dealkylation sites (N-methyl/N-ethyl adjacent to an activating group) is 1. The summed E-state index contributed by atoms with van der Waals surface area (Å²) < 4.78 is 18.7. The predicted octanol–water partition coefficient (Wildman–Crippen LogP) is 6.23. The standard InChI is InChI=1S/C25H23Cl2FN2O2/c1-29(25(31)32-20-10-8-19(28)9-11-20)24-16-30(14-17-5-3-2-4-6-17)15-21(24)18-7-12-22(26)23(27)13-18/h2-13,21,24H,14-16H2,1H3. The van der Waals surface area contributed by atoms with Gasteiger partial charge in [0.15, 0.2) is 0 Å². The van der Waals surface area contributed by atoms with Crippen LogP contribution in [-0.2, 0) is 6.54 Å². The molecule has 4 rings (SSSR count). The molecule has 0 saturated carbocycles. The third-order valence-corrected chi connectivity index (χ3v) is 6.53. The lowest BCUT2D eigenvalue weighted by molar-refractivity contribution is 0.142. The summed E-state index contributed by atoms with van der Waals surface area (Å²) in [5, 5.41) is 0.983. The third kappa shape index (κ3) is 5.23. The van der Waals surface area contributed by atoms with E-state index in [1.54, 1.807) is 18.0 Å². The highest BCUT2D eigenvalue weighted by molar-refractivity contribution is 6.42. The maximum atomic E-state index is 13.2. The van der Waals surface area contributed by atoms with E-state index in [9.17, 15) is 9.18 Å². The largest absolute Gasteiger partial charge is 0.415 e. The number of carbonyl (C=O) groups excluding carboxylic acids is 1. The summed E-state index contributed by atoms with van der Waals surface area (Å²) in [5.41, 5.74) is 2.22. The summed E-state index contributed by atoms with van der Waals surface area (Å²) in [4.78, 5) is 16.8. The van der Waals surface area contributed by atoms with Crippen molar-refractivity contribution in [1.29, 1.82) is 0 Å². The molecule has 0 N–H and O–H groups in total. The first-order valence-electron chi connectivity index (χ1n) is 10.3. The van der Waals surface area contributed by atoms with Crippen molar-refractivity contribution in [3.63, 3.8) is 0 Å². The Morgan fingerprint density at radius 1 is 1.03 bits per heavy atom. The Balaban J connectivity index is 1.55. The second-order valence-corrected chi connectivity index (χ2v) is 8.77. The maximum Gasteiger partial charge on any atom is 0.415 e. The maximum absolute atomic E-state index is 13.2. The fourth-order valence-corrected chi connectivity index (χ4v) is 4.42. The van der Waals surface area contributed by atoms with Gasteiger partial charge in [-0.2, -0.15) is 0 Å². The number of halogens is 3. The molecule has 1 aliphatic heterocycles. The topological polar surface area (TPSA) is 32.8 Å². The minimum absolute atomic E-state index is 0.0271. The van der Waals surface area contributed by atoms with E-state index in [-0.39, 0.29) is 17.8 Å². The molecule has 2 unspecified atom stereocenters. The van der Waals surface area contributed by atoms with Gasteiger partial charge >= 0.3 is 6.09 Å². The van der Waals surface area contributed by atoms with E-state index in [1.807, 2.05) is 30.3 Å². The number of amides is 1. The highest BCUT2D eigenvalue weighted by Gasteiger charge is 2.39. The summed E-state index contributed by atoms with van der Waals surface area (Å²) in [6, 6.07) is 21.1. The molecule has 0 spiro atoms. The molecule has 1 amide bonds. The van der Waals surface area contributed by atoms with E-state index >= 15 is 0 Å². The van der Waals surface area contributed by atoms with Crippen LogP contribution >= 0.6 is 23.2 Å². The van der Waals surface area contributed by atoms with Crippen LogP contribution in [0.25, 0.3) is 0 Å². The van der Waals surface area contributed by atoms with Crippen molar-refractivity contribution in [2.24, 2.45) is 0 Å². The Morgan fingerprint density at radius 2 is 1.75 bits per heavy atom. The van der Waals surface area contributed by atoms with E-state index in [0.29, 0.717) is 22.3 Å². The lowest BCUT2D eigenvalue weighted by atomic mass is 9.93. The first-order valence-corrected chi connectivity index (χ1v) is 11.1. The zero-order valence-corrected chi connectivity index (χ0v) is 19.1. The quantitative estimate of drug-likeness (QED) is 0.441. The van der Waals surface area contributed by atoms with Gasteiger partial charge in [0.25, 0.3) is 0 Å². The second kappa shape index (κ2) is 9.90. The van der Waals surface area contributed by atoms with Crippen LogP contribution < -0.4 is 4.74 Å². The number of ether oxygens (including phenoxy) is 1. The monoisotopic (exact) mass is 472 g/mol. The van der Waals surface area contributed by atoms with Crippen LogP contribution in [0.15, 0.2) is 72.8 Å². The fourth-order valence-electron chi connectivity index (χ4n) is 4.11. The number of nitrogens with zero attached hydrogens (tertiary/aromatic N) is 2. The Kier molecular flexibility index (Phi) is 6.99. The molecule has 3 aromatic rings. The zero-order chi connectivity index (χ0) is 22.7. The summed E-state index contributed by atoms with van der Waals surface area (Å²) in [7, 11) is 1.73. The van der Waals surface area contributed by atoms with Crippen LogP contribution in [-0.4, -0.2) is 42.1 Å². The molecular weight excluding hydrogens is 450 g/mol. The first-order chi connectivity index (χ1) is 15.4. The minimum Gasteiger partial charge on any atom is -0.410 e. The van der Waals surface area contributed by atoms with Gasteiger partial charge in [0.05, 0.1) is 16.1 Å². The molecule has 4 nitrogen and oxygen atoms in total. The van der Waals surface area contributed by atoms with E-state index in [2.05, 4.69) is 17.0 Å². The van der Waals surface area contributed by atoms with Crippen LogP contribution in [0.5, 0.6) is 5.75 Å². The second-order valence-electron chi connectivity index (χ2n) is 7.96. The number of hydrogen-bond donors (Lipinski definition) is 0. The average Bonchev–Trinajstić information content (AvgIpc) is 3.21. The minimum atomic E-state index is -0.492. The summed E-state index contributed by atoms with van der Waals surface area (Å²) in [6.45, 7) is 2.20. The smallest absolute Gasteiger partial charge is 0.410 e. The molecule has 0 bridgehead atoms. The molecule has 0 radical (unpaired) electrons. The highest BCUT2D eigenvalue weighted by Crippen LogP contribution is 2.35. The summed E-state index contributed by atoms with van der Waals surface area (Å²) in [5.74, 6) is -0.0575. The fraction of sp³-hybridized carbons (Fsp3) is 0.240. The average molecular weight is 473 g/mol. The van der Waals surface area contributed by atoms with Crippen LogP contribution in [0.2, 0.25) is 10.0 Å². The van der Waals surface area contributed by atoms with Crippen LogP contribution in [0.4, 0.5) is 9.18 Å². The SMILES string of the molecule is CN(C(=O)Oc1ccc(F)cc1)C1CN(Cc2ccccc2)CC1c1ccc(Cl)c(Cl)c1. The van der Waals surface area contributed by atoms with Gasteiger partial charge < -0.3 is 9.64 Å². The van der Waals surface area contributed by atoms with Gasteiger partial charge in [-0.15, -0.1) is 0 Å². The summed E-state index contributed by atoms with van der Waals surface area (Å²) in [6.07, 6.45) is -0.492. The molecule has 0 aliphatic carbocycles. The first kappa shape index (κ1) is 22.6. The molecule has 166 valence electrons. The van der Waals surface area contributed by atoms with Crippen LogP contribution in [0.1, 0.15) is 17.0 Å². The number of benzene rings is 3. The molecule has 7 heteroatoms. The molecule has 1 saturated heterocycles. The lowest BCUT2D eigenvalue weighted by Crippen LogP contribution is -2.43. The number of likely N-dealkylation sites (tertiary alicyclic amines) is 1. The molecular formula is C25H23Cl2FN2O2. The Bertz CT molecular complexity index is 1080. The number of hydrogen-bond acceptors (Lipinski definition) is 3. The molecule has 1 heterocycles. The number of rotatable bonds is 5. The van der Waals surface area contributed by atoms with Crippen molar-refractivity contribution in [2.45, 2.75) is 18.5 Å². The van der Waals surface area contributed by atoms with E-state index in [4.69, 9.17) is 27.9 Å². The molecule has 1 aliphatic rings. The highest BCUT2D eigenvalue weighted by atomic mass is 35.5. The number of carbonyl (C=O) groups is 1. The Labute approximate surface area is 197 Å². The molecule has 2 atom stereocenters. The van der Waals surface area contributed by atoms with Gasteiger partial charge in [-0.3, -0.25) is 4.90 Å². The van der Waals surface area contributed by atoms with Gasteiger partial charge in [0.1, 0.15) is 11.6 Å².